The van der Waals surface area contributed by atoms with E-state index in [0.717, 1.165) is 94.1 Å². The molecule has 0 aliphatic carbocycles. The molecule has 0 atom stereocenters. The van der Waals surface area contributed by atoms with Gasteiger partial charge in [0.25, 0.3) is 0 Å². The van der Waals surface area contributed by atoms with Gasteiger partial charge >= 0.3 is 0 Å². The number of para-hydroxylation sites is 5. The summed E-state index contributed by atoms with van der Waals surface area (Å²) in [5.41, 5.74) is 19.7. The molecule has 17 aromatic rings. The molecule has 0 aliphatic rings. The maximum atomic E-state index is 7.01. The van der Waals surface area contributed by atoms with E-state index in [0.29, 0.717) is 0 Å². The van der Waals surface area contributed by atoms with Crippen LogP contribution in [0.15, 0.2) is 264 Å². The molecule has 77 heavy (non-hydrogen) atoms. The summed E-state index contributed by atoms with van der Waals surface area (Å²) in [5, 5.41) is 11.8. The normalized spacial score (nSPS) is 12.2. The van der Waals surface area contributed by atoms with Crippen LogP contribution >= 0.6 is 11.3 Å². The number of rotatable bonds is 6. The Morgan fingerprint density at radius 2 is 0.766 bits per heavy atom. The van der Waals surface area contributed by atoms with Crippen LogP contribution in [0, 0.1) is 0 Å². The molecule has 12 aromatic carbocycles. The number of aromatic nitrogens is 2. The lowest BCUT2D eigenvalue weighted by Crippen LogP contribution is -1.95. The number of benzene rings is 12. The van der Waals surface area contributed by atoms with Gasteiger partial charge in [-0.3, -0.25) is 0 Å². The quantitative estimate of drug-likeness (QED) is 0.166. The minimum atomic E-state index is 0.860. The molecule has 358 valence electrons. The zero-order valence-corrected chi connectivity index (χ0v) is 42.2. The van der Waals surface area contributed by atoms with E-state index in [-0.39, 0.29) is 0 Å². The second kappa shape index (κ2) is 16.3. The summed E-state index contributed by atoms with van der Waals surface area (Å²) < 4.78 is 20.6. The molecule has 5 aromatic heterocycles. The van der Waals surface area contributed by atoms with Gasteiger partial charge in [-0.15, -0.1) is 11.3 Å². The summed E-state index contributed by atoms with van der Waals surface area (Å²) in [6.07, 6.45) is 0. The molecule has 4 nitrogen and oxygen atoms in total. The molecule has 17 rings (SSSR count). The van der Waals surface area contributed by atoms with E-state index < -0.39 is 0 Å². The van der Waals surface area contributed by atoms with Crippen LogP contribution in [0.1, 0.15) is 0 Å². The van der Waals surface area contributed by atoms with E-state index in [9.17, 15) is 0 Å². The van der Waals surface area contributed by atoms with Crippen LogP contribution in [0.4, 0.5) is 0 Å². The Balaban J connectivity index is 0.873. The SMILES string of the molecule is c1ccc(-c2cc(-n3c4ccccc4c4ccccc43)c3oc4ccc(-c5ccc6sc7c(-c8ccc9oc%10ccccc%10c9c8)cc(-c8ccc9c(c8)c8ccccc8n9-c8ccccc8)cc7c6c5)cc4c3c2)cc1. The third kappa shape index (κ3) is 6.38. The zero-order valence-electron chi connectivity index (χ0n) is 41.4. The maximum absolute atomic E-state index is 7.01. The first-order chi connectivity index (χ1) is 38.1. The molecule has 5 heterocycles. The highest BCUT2D eigenvalue weighted by molar-refractivity contribution is 7.26. The van der Waals surface area contributed by atoms with Crippen molar-refractivity contribution in [3.8, 4) is 55.9 Å². The summed E-state index contributed by atoms with van der Waals surface area (Å²) in [6.45, 7) is 0. The van der Waals surface area contributed by atoms with Gasteiger partial charge in [-0.25, -0.2) is 0 Å². The van der Waals surface area contributed by atoms with Gasteiger partial charge in [0, 0.05) is 74.5 Å². The fraction of sp³-hybridized carbons (Fsp3) is 0. The van der Waals surface area contributed by atoms with Crippen molar-refractivity contribution in [2.45, 2.75) is 0 Å². The van der Waals surface area contributed by atoms with Crippen molar-refractivity contribution in [1.82, 2.24) is 9.13 Å². The van der Waals surface area contributed by atoms with Crippen molar-refractivity contribution >= 4 is 119 Å². The molecule has 0 saturated heterocycles. The molecule has 0 aliphatic heterocycles. The van der Waals surface area contributed by atoms with Crippen LogP contribution in [0.3, 0.4) is 0 Å². The summed E-state index contributed by atoms with van der Waals surface area (Å²) in [6, 6.07) is 92.8. The van der Waals surface area contributed by atoms with Crippen molar-refractivity contribution < 1.29 is 8.83 Å². The van der Waals surface area contributed by atoms with Crippen LogP contribution in [0.2, 0.25) is 0 Å². The van der Waals surface area contributed by atoms with Crippen LogP contribution in [-0.4, -0.2) is 9.13 Å². The highest BCUT2D eigenvalue weighted by Gasteiger charge is 2.22. The van der Waals surface area contributed by atoms with E-state index in [1.807, 2.05) is 17.4 Å². The smallest absolute Gasteiger partial charge is 0.159 e. The first kappa shape index (κ1) is 42.4. The number of fused-ring (bicyclic) bond motifs is 15. The summed E-state index contributed by atoms with van der Waals surface area (Å²) in [4.78, 5) is 0. The number of hydrogen-bond donors (Lipinski definition) is 0. The van der Waals surface area contributed by atoms with Crippen molar-refractivity contribution in [3.63, 3.8) is 0 Å². The fourth-order valence-electron chi connectivity index (χ4n) is 12.5. The van der Waals surface area contributed by atoms with Crippen molar-refractivity contribution in [2.24, 2.45) is 0 Å². The van der Waals surface area contributed by atoms with Crippen molar-refractivity contribution in [3.05, 3.63) is 255 Å². The van der Waals surface area contributed by atoms with Gasteiger partial charge in [0.05, 0.1) is 27.8 Å². The molecular weight excluding hydrogens is 957 g/mol. The minimum absolute atomic E-state index is 0.860. The van der Waals surface area contributed by atoms with Crippen LogP contribution in [-0.2, 0) is 0 Å². The molecule has 0 spiro atoms. The van der Waals surface area contributed by atoms with Gasteiger partial charge in [-0.05, 0) is 148 Å². The van der Waals surface area contributed by atoms with Gasteiger partial charge in [0.1, 0.15) is 16.7 Å². The molecule has 0 amide bonds. The number of hydrogen-bond acceptors (Lipinski definition) is 3. The lowest BCUT2D eigenvalue weighted by Gasteiger charge is -2.12. The average molecular weight is 999 g/mol. The molecule has 0 fully saturated rings. The molecule has 0 unspecified atom stereocenters. The van der Waals surface area contributed by atoms with Crippen LogP contribution in [0.5, 0.6) is 0 Å². The zero-order chi connectivity index (χ0) is 50.3. The van der Waals surface area contributed by atoms with Gasteiger partial charge in [0.2, 0.25) is 0 Å². The number of nitrogens with zero attached hydrogens (tertiary/aromatic N) is 2. The van der Waals surface area contributed by atoms with E-state index >= 15 is 0 Å². The minimum Gasteiger partial charge on any atom is -0.456 e. The van der Waals surface area contributed by atoms with E-state index in [2.05, 4.69) is 258 Å². The number of furan rings is 2. The van der Waals surface area contributed by atoms with E-state index in [4.69, 9.17) is 8.83 Å². The Kier molecular flexibility index (Phi) is 8.97. The molecule has 0 saturated carbocycles. The molecular formula is C72H42N2O2S. The first-order valence-electron chi connectivity index (χ1n) is 26.2. The van der Waals surface area contributed by atoms with Crippen molar-refractivity contribution in [2.75, 3.05) is 0 Å². The summed E-state index contributed by atoms with van der Waals surface area (Å²) >= 11 is 1.87. The average Bonchev–Trinajstić information content (AvgIpc) is 4.47. The molecule has 0 bridgehead atoms. The highest BCUT2D eigenvalue weighted by atomic mass is 32.1. The monoisotopic (exact) mass is 998 g/mol. The van der Waals surface area contributed by atoms with Gasteiger partial charge in [0.15, 0.2) is 5.58 Å². The predicted molar refractivity (Wildman–Crippen MR) is 324 cm³/mol. The first-order valence-corrected chi connectivity index (χ1v) is 27.0. The lowest BCUT2D eigenvalue weighted by atomic mass is 9.94. The Morgan fingerprint density at radius 3 is 1.53 bits per heavy atom. The Labute approximate surface area is 445 Å². The molecule has 5 heteroatoms. The standard InChI is InChI=1S/C72H42N2O2S/c1-3-15-43(16-4-1)49-40-60-58-36-44(28-32-69(58)76-71(60)66(42-49)74-63-24-12-7-19-51(63)52-20-8-13-25-64(52)74)45-30-34-70-59(37-45)61-41-48(39-55(72(61)77-70)47-29-33-68-57(38-47)54-22-10-14-26-67(54)75-68)46-27-31-65-56(35-46)53-21-9-11-23-62(53)73(65)50-17-5-2-6-18-50/h1-42H. The largest absolute Gasteiger partial charge is 0.456 e. The third-order valence-electron chi connectivity index (χ3n) is 16.1. The Hall–Kier alpha value is -9.94. The van der Waals surface area contributed by atoms with Gasteiger partial charge in [-0.1, -0.05) is 146 Å². The predicted octanol–water partition coefficient (Wildman–Crippen LogP) is 20.7. The Bertz CT molecular complexity index is 5230. The van der Waals surface area contributed by atoms with E-state index in [1.165, 1.54) is 69.4 Å². The second-order valence-corrected chi connectivity index (χ2v) is 21.4. The summed E-state index contributed by atoms with van der Waals surface area (Å²) in [7, 11) is 0. The van der Waals surface area contributed by atoms with Crippen LogP contribution in [0.25, 0.3) is 164 Å². The topological polar surface area (TPSA) is 36.1 Å². The van der Waals surface area contributed by atoms with Gasteiger partial charge in [-0.2, -0.15) is 0 Å². The van der Waals surface area contributed by atoms with Crippen molar-refractivity contribution in [1.29, 1.82) is 0 Å². The summed E-state index contributed by atoms with van der Waals surface area (Å²) in [5.74, 6) is 0. The Morgan fingerprint density at radius 1 is 0.273 bits per heavy atom. The molecule has 0 N–H and O–H groups in total. The van der Waals surface area contributed by atoms with Gasteiger partial charge < -0.3 is 18.0 Å². The second-order valence-electron chi connectivity index (χ2n) is 20.4. The van der Waals surface area contributed by atoms with Crippen LogP contribution < -0.4 is 0 Å². The number of thiophene rings is 1. The highest BCUT2D eigenvalue weighted by Crippen LogP contribution is 2.47. The van der Waals surface area contributed by atoms with E-state index in [1.54, 1.807) is 0 Å². The third-order valence-corrected chi connectivity index (χ3v) is 17.3. The lowest BCUT2D eigenvalue weighted by molar-refractivity contribution is 0.666. The maximum Gasteiger partial charge on any atom is 0.159 e. The molecule has 0 radical (unpaired) electrons. The fourth-order valence-corrected chi connectivity index (χ4v) is 13.7.